The van der Waals surface area contributed by atoms with Gasteiger partial charge in [0.25, 0.3) is 0 Å². The Morgan fingerprint density at radius 1 is 1.14 bits per heavy atom. The summed E-state index contributed by atoms with van der Waals surface area (Å²) < 4.78 is 0. The van der Waals surface area contributed by atoms with Gasteiger partial charge in [0.2, 0.25) is 5.91 Å². The molecule has 1 aromatic rings. The van der Waals surface area contributed by atoms with E-state index in [2.05, 4.69) is 16.0 Å². The average Bonchev–Trinajstić information content (AvgIpc) is 2.93. The number of rotatable bonds is 5. The fraction of sp³-hybridized carbons (Fsp3) is 0.500. The van der Waals surface area contributed by atoms with Crippen molar-refractivity contribution in [1.29, 1.82) is 0 Å². The number of benzene rings is 1. The van der Waals surface area contributed by atoms with Crippen LogP contribution in [0.2, 0.25) is 0 Å². The summed E-state index contributed by atoms with van der Waals surface area (Å²) in [6.07, 6.45) is 5.39. The largest absolute Gasteiger partial charge is 0.338 e. The smallest absolute Gasteiger partial charge is 0.315 e. The van der Waals surface area contributed by atoms with Gasteiger partial charge in [0.1, 0.15) is 0 Å². The summed E-state index contributed by atoms with van der Waals surface area (Å²) in [6, 6.07) is 7.94. The lowest BCUT2D eigenvalue weighted by Crippen LogP contribution is -2.41. The second-order valence-electron chi connectivity index (χ2n) is 5.51. The molecule has 0 bridgehead atoms. The highest BCUT2D eigenvalue weighted by molar-refractivity contribution is 5.88. The Hall–Kier alpha value is -2.04. The van der Waals surface area contributed by atoms with E-state index in [4.69, 9.17) is 0 Å². The zero-order valence-electron chi connectivity index (χ0n) is 12.4. The minimum atomic E-state index is -0.0759. The van der Waals surface area contributed by atoms with Crippen LogP contribution in [0.1, 0.15) is 38.2 Å². The molecule has 0 aromatic heterocycles. The van der Waals surface area contributed by atoms with Crippen molar-refractivity contribution in [3.05, 3.63) is 29.8 Å². The molecule has 2 rings (SSSR count). The van der Waals surface area contributed by atoms with Crippen molar-refractivity contribution in [3.63, 3.8) is 0 Å². The molecule has 114 valence electrons. The van der Waals surface area contributed by atoms with Crippen LogP contribution >= 0.6 is 0 Å². The molecule has 1 fully saturated rings. The van der Waals surface area contributed by atoms with E-state index in [0.29, 0.717) is 12.6 Å². The van der Waals surface area contributed by atoms with Crippen LogP contribution in [0, 0.1) is 0 Å². The van der Waals surface area contributed by atoms with Gasteiger partial charge < -0.3 is 16.0 Å². The number of hydrogen-bond acceptors (Lipinski definition) is 2. The van der Waals surface area contributed by atoms with Crippen molar-refractivity contribution in [1.82, 2.24) is 10.6 Å². The number of amides is 3. The average molecular weight is 289 g/mol. The van der Waals surface area contributed by atoms with Gasteiger partial charge in [0.05, 0.1) is 0 Å². The van der Waals surface area contributed by atoms with Crippen molar-refractivity contribution in [2.75, 3.05) is 11.9 Å². The Kier molecular flexibility index (Phi) is 5.60. The fourth-order valence-corrected chi connectivity index (χ4v) is 2.58. The number of carbonyl (C=O) groups excluding carboxylic acids is 2. The van der Waals surface area contributed by atoms with Crippen LogP contribution in [-0.4, -0.2) is 24.5 Å². The van der Waals surface area contributed by atoms with Crippen molar-refractivity contribution >= 4 is 17.6 Å². The Morgan fingerprint density at radius 3 is 2.43 bits per heavy atom. The van der Waals surface area contributed by atoms with E-state index in [-0.39, 0.29) is 11.9 Å². The molecule has 1 aliphatic rings. The third-order valence-electron chi connectivity index (χ3n) is 3.66. The van der Waals surface area contributed by atoms with E-state index in [1.165, 1.54) is 19.8 Å². The summed E-state index contributed by atoms with van der Waals surface area (Å²) >= 11 is 0. The number of carbonyl (C=O) groups is 2. The molecule has 0 heterocycles. The highest BCUT2D eigenvalue weighted by Gasteiger charge is 2.16. The van der Waals surface area contributed by atoms with Gasteiger partial charge in [-0.15, -0.1) is 0 Å². The van der Waals surface area contributed by atoms with Gasteiger partial charge >= 0.3 is 6.03 Å². The number of nitrogens with one attached hydrogen (secondary N) is 3. The molecule has 0 radical (unpaired) electrons. The maximum Gasteiger partial charge on any atom is 0.315 e. The standard InChI is InChI=1S/C16H23N3O2/c1-12(20)18-15-8-6-13(7-9-15)10-11-17-16(21)19-14-4-2-3-5-14/h6-9,14H,2-5,10-11H2,1H3,(H,18,20)(H2,17,19,21). The predicted molar refractivity (Wildman–Crippen MR) is 83.2 cm³/mol. The molecule has 21 heavy (non-hydrogen) atoms. The summed E-state index contributed by atoms with van der Waals surface area (Å²) in [5, 5.41) is 8.61. The Bertz CT molecular complexity index is 479. The molecule has 5 heteroatoms. The molecular formula is C16H23N3O2. The molecule has 1 aliphatic carbocycles. The summed E-state index contributed by atoms with van der Waals surface area (Å²) in [5.41, 5.74) is 1.92. The minimum Gasteiger partial charge on any atom is -0.338 e. The molecule has 0 unspecified atom stereocenters. The van der Waals surface area contributed by atoms with Crippen LogP contribution in [0.15, 0.2) is 24.3 Å². The lowest BCUT2D eigenvalue weighted by Gasteiger charge is -2.13. The number of urea groups is 1. The molecule has 3 N–H and O–H groups in total. The van der Waals surface area contributed by atoms with Gasteiger partial charge in [0, 0.05) is 25.2 Å². The molecule has 0 atom stereocenters. The SMILES string of the molecule is CC(=O)Nc1ccc(CCNC(=O)NC2CCCC2)cc1. The predicted octanol–water partition coefficient (Wildman–Crippen LogP) is 2.43. The molecule has 0 aliphatic heterocycles. The topological polar surface area (TPSA) is 70.2 Å². The second kappa shape index (κ2) is 7.67. The minimum absolute atomic E-state index is 0.0724. The molecule has 1 saturated carbocycles. The van der Waals surface area contributed by atoms with Crippen LogP contribution in [-0.2, 0) is 11.2 Å². The van der Waals surface area contributed by atoms with E-state index >= 15 is 0 Å². The lowest BCUT2D eigenvalue weighted by atomic mass is 10.1. The third-order valence-corrected chi connectivity index (χ3v) is 3.66. The Balaban J connectivity index is 1.67. The number of anilines is 1. The summed E-state index contributed by atoms with van der Waals surface area (Å²) in [7, 11) is 0. The molecule has 0 saturated heterocycles. The van der Waals surface area contributed by atoms with Crippen LogP contribution in [0.3, 0.4) is 0 Å². The zero-order valence-corrected chi connectivity index (χ0v) is 12.4. The monoisotopic (exact) mass is 289 g/mol. The van der Waals surface area contributed by atoms with E-state index in [1.807, 2.05) is 24.3 Å². The number of hydrogen-bond donors (Lipinski definition) is 3. The van der Waals surface area contributed by atoms with Crippen LogP contribution in [0.4, 0.5) is 10.5 Å². The third kappa shape index (κ3) is 5.45. The normalized spacial score (nSPS) is 14.7. The maximum atomic E-state index is 11.7. The van der Waals surface area contributed by atoms with E-state index < -0.39 is 0 Å². The first kappa shape index (κ1) is 15.4. The zero-order chi connectivity index (χ0) is 15.1. The fourth-order valence-electron chi connectivity index (χ4n) is 2.58. The van der Waals surface area contributed by atoms with E-state index in [1.54, 1.807) is 0 Å². The molecule has 0 spiro atoms. The quantitative estimate of drug-likeness (QED) is 0.779. The highest BCUT2D eigenvalue weighted by Crippen LogP contribution is 2.17. The van der Waals surface area contributed by atoms with E-state index in [0.717, 1.165) is 30.5 Å². The van der Waals surface area contributed by atoms with Crippen molar-refractivity contribution in [2.45, 2.75) is 45.1 Å². The van der Waals surface area contributed by atoms with Crippen molar-refractivity contribution in [2.24, 2.45) is 0 Å². The van der Waals surface area contributed by atoms with Crippen molar-refractivity contribution < 1.29 is 9.59 Å². The van der Waals surface area contributed by atoms with Crippen LogP contribution in [0.5, 0.6) is 0 Å². The molecular weight excluding hydrogens is 266 g/mol. The van der Waals surface area contributed by atoms with Gasteiger partial charge in [-0.2, -0.15) is 0 Å². The van der Waals surface area contributed by atoms with Gasteiger partial charge in [-0.25, -0.2) is 4.79 Å². The Labute approximate surface area is 125 Å². The summed E-state index contributed by atoms with van der Waals surface area (Å²) in [5.74, 6) is -0.0759. The van der Waals surface area contributed by atoms with E-state index in [9.17, 15) is 9.59 Å². The molecule has 3 amide bonds. The second-order valence-corrected chi connectivity index (χ2v) is 5.51. The Morgan fingerprint density at radius 2 is 1.81 bits per heavy atom. The first-order valence-corrected chi connectivity index (χ1v) is 7.54. The summed E-state index contributed by atoms with van der Waals surface area (Å²) in [4.78, 5) is 22.6. The van der Waals surface area contributed by atoms with Gasteiger partial charge in [0.15, 0.2) is 0 Å². The maximum absolute atomic E-state index is 11.7. The van der Waals surface area contributed by atoms with Crippen LogP contribution in [0.25, 0.3) is 0 Å². The van der Waals surface area contributed by atoms with Gasteiger partial charge in [-0.1, -0.05) is 25.0 Å². The molecule has 5 nitrogen and oxygen atoms in total. The highest BCUT2D eigenvalue weighted by atomic mass is 16.2. The summed E-state index contributed by atoms with van der Waals surface area (Å²) in [6.45, 7) is 2.10. The van der Waals surface area contributed by atoms with Gasteiger partial charge in [-0.3, -0.25) is 4.79 Å². The lowest BCUT2D eigenvalue weighted by molar-refractivity contribution is -0.114. The first-order valence-electron chi connectivity index (χ1n) is 7.54. The molecule has 1 aromatic carbocycles. The van der Waals surface area contributed by atoms with Crippen LogP contribution < -0.4 is 16.0 Å². The van der Waals surface area contributed by atoms with Crippen molar-refractivity contribution in [3.8, 4) is 0 Å². The first-order chi connectivity index (χ1) is 10.1. The van der Waals surface area contributed by atoms with Gasteiger partial charge in [-0.05, 0) is 37.0 Å².